The second-order valence-electron chi connectivity index (χ2n) is 4.50. The maximum absolute atomic E-state index is 13.6. The van der Waals surface area contributed by atoms with E-state index in [1.165, 1.54) is 13.2 Å². The Balaban J connectivity index is 2.17. The van der Waals surface area contributed by atoms with Gasteiger partial charge in [-0.25, -0.2) is 4.39 Å². The first kappa shape index (κ1) is 13.5. The van der Waals surface area contributed by atoms with Gasteiger partial charge in [0.2, 0.25) is 0 Å². The molecule has 0 amide bonds. The Kier molecular flexibility index (Phi) is 3.85. The van der Waals surface area contributed by atoms with Gasteiger partial charge >= 0.3 is 0 Å². The average molecular weight is 264 g/mol. The molecule has 0 fully saturated rings. The number of hydrogen-bond acceptors (Lipinski definition) is 3. The molecule has 2 aromatic rings. The fourth-order valence-corrected chi connectivity index (χ4v) is 2.01. The summed E-state index contributed by atoms with van der Waals surface area (Å²) >= 11 is 0. The lowest BCUT2D eigenvalue weighted by atomic mass is 10.0. The SMILES string of the molecule is COc1ccc(CC(O)c2cnn(C)c2C)cc1F. The van der Waals surface area contributed by atoms with Crippen LogP contribution in [0.1, 0.15) is 22.9 Å². The van der Waals surface area contributed by atoms with Gasteiger partial charge in [-0.15, -0.1) is 0 Å². The van der Waals surface area contributed by atoms with Crippen LogP contribution >= 0.6 is 0 Å². The smallest absolute Gasteiger partial charge is 0.165 e. The molecule has 2 rings (SSSR count). The lowest BCUT2D eigenvalue weighted by molar-refractivity contribution is 0.177. The summed E-state index contributed by atoms with van der Waals surface area (Å²) in [5.74, 6) is -0.217. The van der Waals surface area contributed by atoms with E-state index < -0.39 is 11.9 Å². The molecule has 102 valence electrons. The van der Waals surface area contributed by atoms with Crippen LogP contribution in [-0.2, 0) is 13.5 Å². The Morgan fingerprint density at radius 1 is 1.47 bits per heavy atom. The number of ether oxygens (including phenoxy) is 1. The topological polar surface area (TPSA) is 47.3 Å². The number of methoxy groups -OCH3 is 1. The molecule has 0 bridgehead atoms. The van der Waals surface area contributed by atoms with Crippen molar-refractivity contribution in [2.24, 2.45) is 7.05 Å². The lowest BCUT2D eigenvalue weighted by Gasteiger charge is -2.11. The largest absolute Gasteiger partial charge is 0.494 e. The van der Waals surface area contributed by atoms with E-state index in [0.717, 1.165) is 11.3 Å². The van der Waals surface area contributed by atoms with Gasteiger partial charge in [0.15, 0.2) is 11.6 Å². The zero-order valence-electron chi connectivity index (χ0n) is 11.2. The molecule has 0 radical (unpaired) electrons. The number of benzene rings is 1. The lowest BCUT2D eigenvalue weighted by Crippen LogP contribution is -2.04. The van der Waals surface area contributed by atoms with Crippen LogP contribution in [0.15, 0.2) is 24.4 Å². The summed E-state index contributed by atoms with van der Waals surface area (Å²) in [5, 5.41) is 14.3. The summed E-state index contributed by atoms with van der Waals surface area (Å²) in [6.45, 7) is 1.89. The van der Waals surface area contributed by atoms with Crippen LogP contribution in [0.3, 0.4) is 0 Å². The molecule has 1 N–H and O–H groups in total. The third kappa shape index (κ3) is 2.76. The third-order valence-electron chi connectivity index (χ3n) is 3.28. The second-order valence-corrected chi connectivity index (χ2v) is 4.50. The van der Waals surface area contributed by atoms with Crippen molar-refractivity contribution in [2.45, 2.75) is 19.4 Å². The van der Waals surface area contributed by atoms with Crippen LogP contribution in [0, 0.1) is 12.7 Å². The molecule has 1 heterocycles. The fourth-order valence-electron chi connectivity index (χ4n) is 2.01. The van der Waals surface area contributed by atoms with Crippen molar-refractivity contribution in [3.05, 3.63) is 47.0 Å². The first-order chi connectivity index (χ1) is 9.02. The monoisotopic (exact) mass is 264 g/mol. The van der Waals surface area contributed by atoms with E-state index in [0.29, 0.717) is 12.0 Å². The van der Waals surface area contributed by atoms with Crippen LogP contribution in [0.2, 0.25) is 0 Å². The molecule has 4 nitrogen and oxygen atoms in total. The van der Waals surface area contributed by atoms with Crippen molar-refractivity contribution in [3.8, 4) is 5.75 Å². The number of hydrogen-bond donors (Lipinski definition) is 1. The first-order valence-corrected chi connectivity index (χ1v) is 6.02. The van der Waals surface area contributed by atoms with Gasteiger partial charge in [-0.2, -0.15) is 5.10 Å². The Morgan fingerprint density at radius 3 is 2.74 bits per heavy atom. The van der Waals surface area contributed by atoms with Crippen molar-refractivity contribution in [1.82, 2.24) is 9.78 Å². The summed E-state index contributed by atoms with van der Waals surface area (Å²) in [6.07, 6.45) is 1.29. The number of aryl methyl sites for hydroxylation is 1. The maximum atomic E-state index is 13.6. The predicted octanol–water partition coefficient (Wildman–Crippen LogP) is 2.15. The molecule has 0 aliphatic rings. The van der Waals surface area contributed by atoms with E-state index >= 15 is 0 Å². The molecule has 0 aliphatic carbocycles. The molecule has 1 atom stereocenters. The number of aliphatic hydroxyl groups excluding tert-OH is 1. The molecule has 1 aromatic heterocycles. The van der Waals surface area contributed by atoms with E-state index in [2.05, 4.69) is 5.10 Å². The molecular formula is C14H17FN2O2. The average Bonchev–Trinajstić information content (AvgIpc) is 2.70. The van der Waals surface area contributed by atoms with Crippen molar-refractivity contribution in [3.63, 3.8) is 0 Å². The highest BCUT2D eigenvalue weighted by atomic mass is 19.1. The quantitative estimate of drug-likeness (QED) is 0.920. The van der Waals surface area contributed by atoms with Crippen molar-refractivity contribution < 1.29 is 14.2 Å². The number of aliphatic hydroxyl groups is 1. The minimum atomic E-state index is -0.693. The summed E-state index contributed by atoms with van der Waals surface area (Å²) in [5.41, 5.74) is 2.38. The fraction of sp³-hybridized carbons (Fsp3) is 0.357. The highest BCUT2D eigenvalue weighted by Crippen LogP contribution is 2.24. The van der Waals surface area contributed by atoms with Gasteiger partial charge in [0, 0.05) is 24.7 Å². The van der Waals surface area contributed by atoms with Crippen LogP contribution in [0.25, 0.3) is 0 Å². The maximum Gasteiger partial charge on any atom is 0.165 e. The van der Waals surface area contributed by atoms with E-state index in [4.69, 9.17) is 4.74 Å². The third-order valence-corrected chi connectivity index (χ3v) is 3.28. The van der Waals surface area contributed by atoms with Crippen LogP contribution in [0.4, 0.5) is 4.39 Å². The number of nitrogens with zero attached hydrogens (tertiary/aromatic N) is 2. The normalized spacial score (nSPS) is 12.5. The standard InChI is InChI=1S/C14H17FN2O2/c1-9-11(8-16-17(9)2)13(18)7-10-4-5-14(19-3)12(15)6-10/h4-6,8,13,18H,7H2,1-3H3. The molecule has 1 unspecified atom stereocenters. The zero-order valence-corrected chi connectivity index (χ0v) is 11.2. The Hall–Kier alpha value is -1.88. The second kappa shape index (κ2) is 5.40. The summed E-state index contributed by atoms with van der Waals surface area (Å²) in [7, 11) is 3.24. The highest BCUT2D eigenvalue weighted by Gasteiger charge is 2.15. The summed E-state index contributed by atoms with van der Waals surface area (Å²) in [6, 6.07) is 4.69. The summed E-state index contributed by atoms with van der Waals surface area (Å²) in [4.78, 5) is 0. The Labute approximate surface area is 111 Å². The number of aromatic nitrogens is 2. The summed E-state index contributed by atoms with van der Waals surface area (Å²) < 4.78 is 20.1. The first-order valence-electron chi connectivity index (χ1n) is 6.02. The minimum Gasteiger partial charge on any atom is -0.494 e. The van der Waals surface area contributed by atoms with Gasteiger partial charge in [0.05, 0.1) is 19.4 Å². The van der Waals surface area contributed by atoms with Crippen molar-refractivity contribution in [1.29, 1.82) is 0 Å². The molecule has 0 spiro atoms. The number of rotatable bonds is 4. The van der Waals surface area contributed by atoms with E-state index in [9.17, 15) is 9.50 Å². The van der Waals surface area contributed by atoms with Crippen molar-refractivity contribution in [2.75, 3.05) is 7.11 Å². The minimum absolute atomic E-state index is 0.204. The molecule has 5 heteroatoms. The molecule has 0 saturated carbocycles. The Morgan fingerprint density at radius 2 is 2.21 bits per heavy atom. The van der Waals surface area contributed by atoms with Gasteiger partial charge in [-0.3, -0.25) is 4.68 Å². The van der Waals surface area contributed by atoms with Gasteiger partial charge < -0.3 is 9.84 Å². The van der Waals surface area contributed by atoms with Gasteiger partial charge in [0.25, 0.3) is 0 Å². The highest BCUT2D eigenvalue weighted by molar-refractivity contribution is 5.31. The van der Waals surface area contributed by atoms with Gasteiger partial charge in [0.1, 0.15) is 0 Å². The van der Waals surface area contributed by atoms with Crippen LogP contribution in [0.5, 0.6) is 5.75 Å². The number of halogens is 1. The molecular weight excluding hydrogens is 247 g/mol. The molecule has 19 heavy (non-hydrogen) atoms. The van der Waals surface area contributed by atoms with Gasteiger partial charge in [-0.1, -0.05) is 6.07 Å². The van der Waals surface area contributed by atoms with Crippen LogP contribution < -0.4 is 4.74 Å². The zero-order chi connectivity index (χ0) is 14.0. The molecule has 0 aliphatic heterocycles. The van der Waals surface area contributed by atoms with E-state index in [-0.39, 0.29) is 5.75 Å². The van der Waals surface area contributed by atoms with E-state index in [1.54, 1.807) is 23.0 Å². The van der Waals surface area contributed by atoms with E-state index in [1.807, 2.05) is 14.0 Å². The molecule has 1 aromatic carbocycles. The van der Waals surface area contributed by atoms with Gasteiger partial charge in [-0.05, 0) is 24.6 Å². The van der Waals surface area contributed by atoms with Crippen molar-refractivity contribution >= 4 is 0 Å². The predicted molar refractivity (Wildman–Crippen MR) is 69.6 cm³/mol. The molecule has 0 saturated heterocycles. The van der Waals surface area contributed by atoms with Crippen LogP contribution in [-0.4, -0.2) is 22.0 Å². The Bertz CT molecular complexity index is 581.